The number of carbonyl (C=O) groups excluding carboxylic acids is 1. The van der Waals surface area contributed by atoms with Crippen molar-refractivity contribution in [1.29, 1.82) is 0 Å². The number of carbonyl (C=O) groups is 1. The normalized spacial score (nSPS) is 14.3. The Kier molecular flexibility index (Phi) is 4.63. The number of amides is 1. The second-order valence-corrected chi connectivity index (χ2v) is 8.92. The molecule has 0 aliphatic rings. The van der Waals surface area contributed by atoms with Crippen LogP contribution in [0.3, 0.4) is 0 Å². The molecule has 0 fully saturated rings. The van der Waals surface area contributed by atoms with E-state index in [4.69, 9.17) is 4.52 Å². The van der Waals surface area contributed by atoms with Gasteiger partial charge in [0.15, 0.2) is 15.7 Å². The Balaban J connectivity index is 2.85. The molecule has 0 spiro atoms. The molecule has 1 heterocycles. The van der Waals surface area contributed by atoms with Crippen LogP contribution in [0.2, 0.25) is 0 Å². The summed E-state index contributed by atoms with van der Waals surface area (Å²) in [4.78, 5) is 12.0. The summed E-state index contributed by atoms with van der Waals surface area (Å²) < 4.78 is 29.0. The van der Waals surface area contributed by atoms with Gasteiger partial charge in [-0.25, -0.2) is 8.42 Å². The number of aromatic nitrogens is 1. The van der Waals surface area contributed by atoms with Crippen molar-refractivity contribution in [3.8, 4) is 0 Å². The van der Waals surface area contributed by atoms with Crippen LogP contribution in [0.5, 0.6) is 0 Å². The van der Waals surface area contributed by atoms with Crippen molar-refractivity contribution in [2.24, 2.45) is 0 Å². The van der Waals surface area contributed by atoms with Crippen molar-refractivity contribution in [1.82, 2.24) is 5.16 Å². The van der Waals surface area contributed by atoms with Crippen LogP contribution in [0.4, 0.5) is 5.82 Å². The molecular formula is C13H22N2O4S. The second kappa shape index (κ2) is 5.55. The van der Waals surface area contributed by atoms with Crippen molar-refractivity contribution in [2.45, 2.75) is 57.5 Å². The fraction of sp³-hybridized carbons (Fsp3) is 0.692. The summed E-state index contributed by atoms with van der Waals surface area (Å²) in [5.74, 6) is 0.241. The van der Waals surface area contributed by atoms with E-state index in [0.717, 1.165) is 0 Å². The number of anilines is 1. The molecule has 1 amide bonds. The van der Waals surface area contributed by atoms with Gasteiger partial charge in [-0.1, -0.05) is 25.9 Å². The van der Waals surface area contributed by atoms with E-state index in [1.54, 1.807) is 19.9 Å². The van der Waals surface area contributed by atoms with Crippen molar-refractivity contribution in [2.75, 3.05) is 5.32 Å². The Morgan fingerprint density at radius 3 is 2.25 bits per heavy atom. The molecule has 0 saturated heterocycles. The molecule has 0 radical (unpaired) electrons. The Labute approximate surface area is 119 Å². The smallest absolute Gasteiger partial charge is 0.243 e. The minimum Gasteiger partial charge on any atom is -0.359 e. The Hall–Kier alpha value is -1.37. The predicted octanol–water partition coefficient (Wildman–Crippen LogP) is 2.12. The van der Waals surface area contributed by atoms with E-state index in [1.807, 2.05) is 20.8 Å². The van der Waals surface area contributed by atoms with Gasteiger partial charge in [0.05, 0.1) is 5.25 Å². The average molecular weight is 302 g/mol. The van der Waals surface area contributed by atoms with Gasteiger partial charge in [-0.2, -0.15) is 0 Å². The topological polar surface area (TPSA) is 89.3 Å². The van der Waals surface area contributed by atoms with Crippen LogP contribution in [0.15, 0.2) is 10.6 Å². The zero-order chi connectivity index (χ0) is 15.7. The summed E-state index contributed by atoms with van der Waals surface area (Å²) in [6, 6.07) is 1.60. The van der Waals surface area contributed by atoms with Gasteiger partial charge in [0, 0.05) is 11.5 Å². The number of nitrogens with one attached hydrogen (secondary N) is 1. The van der Waals surface area contributed by atoms with Crippen LogP contribution in [-0.4, -0.2) is 30.0 Å². The number of hydrogen-bond donors (Lipinski definition) is 1. The lowest BCUT2D eigenvalue weighted by molar-refractivity contribution is -0.115. The molecule has 20 heavy (non-hydrogen) atoms. The van der Waals surface area contributed by atoms with Crippen LogP contribution in [0.1, 0.15) is 47.3 Å². The average Bonchev–Trinajstić information content (AvgIpc) is 2.75. The first kappa shape index (κ1) is 16.7. The molecule has 1 N–H and O–H groups in total. The van der Waals surface area contributed by atoms with Gasteiger partial charge in [0.1, 0.15) is 11.0 Å². The van der Waals surface area contributed by atoms with E-state index in [-0.39, 0.29) is 11.2 Å². The van der Waals surface area contributed by atoms with Gasteiger partial charge in [0.25, 0.3) is 0 Å². The number of nitrogens with zero attached hydrogens (tertiary/aromatic N) is 1. The maximum absolute atomic E-state index is 12.0. The monoisotopic (exact) mass is 302 g/mol. The first-order valence-electron chi connectivity index (χ1n) is 6.47. The quantitative estimate of drug-likeness (QED) is 0.920. The summed E-state index contributed by atoms with van der Waals surface area (Å²) in [6.07, 6.45) is 0. The first-order valence-corrected chi connectivity index (χ1v) is 8.08. The van der Waals surface area contributed by atoms with E-state index < -0.39 is 26.2 Å². The fourth-order valence-corrected chi connectivity index (χ4v) is 2.65. The van der Waals surface area contributed by atoms with Crippen LogP contribution in [0.25, 0.3) is 0 Å². The van der Waals surface area contributed by atoms with Gasteiger partial charge in [0.2, 0.25) is 5.91 Å². The van der Waals surface area contributed by atoms with Crippen molar-refractivity contribution >= 4 is 21.6 Å². The van der Waals surface area contributed by atoms with Crippen LogP contribution in [-0.2, 0) is 20.0 Å². The van der Waals surface area contributed by atoms with E-state index in [1.165, 1.54) is 6.92 Å². The van der Waals surface area contributed by atoms with E-state index in [0.29, 0.717) is 5.76 Å². The van der Waals surface area contributed by atoms with E-state index >= 15 is 0 Å². The maximum atomic E-state index is 12.0. The summed E-state index contributed by atoms with van der Waals surface area (Å²) in [6.45, 7) is 10.3. The summed E-state index contributed by atoms with van der Waals surface area (Å²) >= 11 is 0. The van der Waals surface area contributed by atoms with Gasteiger partial charge >= 0.3 is 0 Å². The van der Waals surface area contributed by atoms with Gasteiger partial charge < -0.3 is 9.84 Å². The molecule has 7 heteroatoms. The molecule has 1 aromatic heterocycles. The zero-order valence-corrected chi connectivity index (χ0v) is 13.5. The first-order chi connectivity index (χ1) is 8.96. The third-order valence-corrected chi connectivity index (χ3v) is 5.53. The lowest BCUT2D eigenvalue weighted by atomic mass is 9.93. The van der Waals surface area contributed by atoms with E-state index in [9.17, 15) is 13.2 Å². The van der Waals surface area contributed by atoms with Crippen LogP contribution >= 0.6 is 0 Å². The molecule has 0 saturated carbocycles. The lowest BCUT2D eigenvalue weighted by Gasteiger charge is -2.14. The summed E-state index contributed by atoms with van der Waals surface area (Å²) in [7, 11) is -3.49. The lowest BCUT2D eigenvalue weighted by Crippen LogP contribution is -2.36. The third-order valence-electron chi connectivity index (χ3n) is 3.02. The molecule has 0 aromatic carbocycles. The minimum atomic E-state index is -3.49. The molecule has 1 rings (SSSR count). The minimum absolute atomic E-state index is 0.228. The van der Waals surface area contributed by atoms with Crippen molar-refractivity contribution in [3.05, 3.63) is 11.8 Å². The predicted molar refractivity (Wildman–Crippen MR) is 77.4 cm³/mol. The van der Waals surface area contributed by atoms with Crippen molar-refractivity contribution in [3.63, 3.8) is 0 Å². The highest BCUT2D eigenvalue weighted by Gasteiger charge is 2.31. The Morgan fingerprint density at radius 2 is 1.85 bits per heavy atom. The molecular weight excluding hydrogens is 280 g/mol. The van der Waals surface area contributed by atoms with Crippen LogP contribution in [0, 0.1) is 0 Å². The fourth-order valence-electron chi connectivity index (χ4n) is 1.47. The van der Waals surface area contributed by atoms with Crippen molar-refractivity contribution < 1.29 is 17.7 Å². The SMILES string of the molecule is CC(C)S(=O)(=O)C(C)C(=O)Nc1cc(C(C)(C)C)on1. The molecule has 0 aliphatic heterocycles. The Morgan fingerprint density at radius 1 is 1.30 bits per heavy atom. The van der Waals surface area contributed by atoms with Gasteiger partial charge in [-0.05, 0) is 20.8 Å². The number of sulfone groups is 1. The molecule has 1 unspecified atom stereocenters. The molecule has 1 atom stereocenters. The zero-order valence-electron chi connectivity index (χ0n) is 12.7. The molecule has 0 bridgehead atoms. The highest BCUT2D eigenvalue weighted by atomic mass is 32.2. The van der Waals surface area contributed by atoms with Crippen LogP contribution < -0.4 is 5.32 Å². The highest BCUT2D eigenvalue weighted by molar-refractivity contribution is 7.93. The van der Waals surface area contributed by atoms with E-state index in [2.05, 4.69) is 10.5 Å². The molecule has 0 aliphatic carbocycles. The molecule has 6 nitrogen and oxygen atoms in total. The third kappa shape index (κ3) is 3.59. The summed E-state index contributed by atoms with van der Waals surface area (Å²) in [5.41, 5.74) is -0.231. The Bertz CT molecular complexity index is 582. The molecule has 114 valence electrons. The maximum Gasteiger partial charge on any atom is 0.243 e. The number of rotatable bonds is 4. The largest absolute Gasteiger partial charge is 0.359 e. The molecule has 1 aromatic rings. The highest BCUT2D eigenvalue weighted by Crippen LogP contribution is 2.24. The van der Waals surface area contributed by atoms with Gasteiger partial charge in [-0.3, -0.25) is 4.79 Å². The number of hydrogen-bond acceptors (Lipinski definition) is 5. The summed E-state index contributed by atoms with van der Waals surface area (Å²) in [5, 5.41) is 4.47. The second-order valence-electron chi connectivity index (χ2n) is 6.10. The van der Waals surface area contributed by atoms with Gasteiger partial charge in [-0.15, -0.1) is 0 Å². The standard InChI is InChI=1S/C13H22N2O4S/c1-8(2)20(17,18)9(3)12(16)14-11-7-10(19-15-11)13(4,5)6/h7-9H,1-6H3,(H,14,15,16).